The summed E-state index contributed by atoms with van der Waals surface area (Å²) in [7, 11) is 1.61. The first-order valence-electron chi connectivity index (χ1n) is 6.72. The highest BCUT2D eigenvalue weighted by atomic mass is 16.6. The maximum Gasteiger partial charge on any atom is 0.274 e. The molecule has 0 aromatic heterocycles. The van der Waals surface area contributed by atoms with Crippen molar-refractivity contribution in [1.29, 1.82) is 0 Å². The number of hydrogen-bond acceptors (Lipinski definition) is 5. The van der Waals surface area contributed by atoms with Crippen LogP contribution in [0, 0.1) is 10.1 Å². The van der Waals surface area contributed by atoms with Crippen LogP contribution in [0.4, 0.5) is 5.69 Å². The molecule has 1 N–H and O–H groups in total. The lowest BCUT2D eigenvalue weighted by Crippen LogP contribution is -2.59. The summed E-state index contributed by atoms with van der Waals surface area (Å²) in [6, 6.07) is 6.42. The molecule has 114 valence electrons. The second-order valence-electron chi connectivity index (χ2n) is 5.48. The van der Waals surface area contributed by atoms with Crippen LogP contribution in [-0.4, -0.2) is 48.1 Å². The Balaban J connectivity index is 1.93. The van der Waals surface area contributed by atoms with Crippen LogP contribution in [0.3, 0.4) is 0 Å². The average Bonchev–Trinajstić information content (AvgIpc) is 2.43. The summed E-state index contributed by atoms with van der Waals surface area (Å²) >= 11 is 0. The molecule has 7 heteroatoms. The van der Waals surface area contributed by atoms with Gasteiger partial charge in [-0.05, 0) is 6.92 Å². The van der Waals surface area contributed by atoms with E-state index in [1.54, 1.807) is 25.2 Å². The molecule has 1 aromatic carbocycles. The van der Waals surface area contributed by atoms with E-state index in [-0.39, 0.29) is 30.3 Å². The van der Waals surface area contributed by atoms with E-state index in [2.05, 4.69) is 5.32 Å². The van der Waals surface area contributed by atoms with Crippen LogP contribution in [0.2, 0.25) is 0 Å². The lowest BCUT2D eigenvalue weighted by molar-refractivity contribution is -0.385. The van der Waals surface area contributed by atoms with Crippen molar-refractivity contribution in [3.05, 3.63) is 39.9 Å². The normalized spacial score (nSPS) is 16.1. The fraction of sp³-hybridized carbons (Fsp3) is 0.500. The van der Waals surface area contributed by atoms with Crippen LogP contribution in [0.1, 0.15) is 12.5 Å². The number of nitrogens with one attached hydrogen (secondary N) is 1. The summed E-state index contributed by atoms with van der Waals surface area (Å²) in [5.74, 6) is -0.193. The second-order valence-corrected chi connectivity index (χ2v) is 5.48. The molecule has 0 unspecified atom stereocenters. The molecule has 0 saturated carbocycles. The third-order valence-corrected chi connectivity index (χ3v) is 3.56. The molecular formula is C14H19N3O4. The van der Waals surface area contributed by atoms with Gasteiger partial charge in [-0.2, -0.15) is 0 Å². The van der Waals surface area contributed by atoms with E-state index in [0.717, 1.165) is 13.1 Å². The number of para-hydroxylation sites is 1. The molecule has 0 radical (unpaired) electrons. The van der Waals surface area contributed by atoms with Gasteiger partial charge in [-0.3, -0.25) is 14.9 Å². The summed E-state index contributed by atoms with van der Waals surface area (Å²) in [6.07, 6.45) is 0. The van der Waals surface area contributed by atoms with Gasteiger partial charge < -0.3 is 15.0 Å². The van der Waals surface area contributed by atoms with E-state index >= 15 is 0 Å². The minimum absolute atomic E-state index is 0.0185. The van der Waals surface area contributed by atoms with Crippen LogP contribution in [-0.2, 0) is 16.1 Å². The van der Waals surface area contributed by atoms with Gasteiger partial charge in [0.1, 0.15) is 6.61 Å². The summed E-state index contributed by atoms with van der Waals surface area (Å²) in [5.41, 5.74) is 0.248. The number of nitro groups is 1. The second kappa shape index (κ2) is 6.19. The van der Waals surface area contributed by atoms with E-state index in [1.807, 2.05) is 6.92 Å². The van der Waals surface area contributed by atoms with Crippen molar-refractivity contribution in [3.8, 4) is 0 Å². The predicted octanol–water partition coefficient (Wildman–Crippen LogP) is 0.932. The Bertz CT molecular complexity index is 543. The van der Waals surface area contributed by atoms with Gasteiger partial charge in [0.15, 0.2) is 0 Å². The predicted molar refractivity (Wildman–Crippen MR) is 76.8 cm³/mol. The summed E-state index contributed by atoms with van der Waals surface area (Å²) in [6.45, 7) is 3.57. The molecule has 1 amide bonds. The Kier molecular flexibility index (Phi) is 4.54. The van der Waals surface area contributed by atoms with E-state index in [9.17, 15) is 14.9 Å². The molecule has 0 aliphatic carbocycles. The number of likely N-dealkylation sites (N-methyl/N-ethyl adjacent to an activating group) is 1. The maximum absolute atomic E-state index is 12.0. The van der Waals surface area contributed by atoms with Crippen molar-refractivity contribution < 1.29 is 14.5 Å². The van der Waals surface area contributed by atoms with Crippen LogP contribution in [0.15, 0.2) is 24.3 Å². The molecule has 0 atom stereocenters. The number of benzene rings is 1. The Morgan fingerprint density at radius 3 is 2.71 bits per heavy atom. The first-order chi connectivity index (χ1) is 9.91. The minimum atomic E-state index is -0.439. The minimum Gasteiger partial charge on any atom is -0.363 e. The Hall–Kier alpha value is -1.99. The zero-order chi connectivity index (χ0) is 15.5. The molecule has 2 rings (SSSR count). The Morgan fingerprint density at radius 2 is 2.14 bits per heavy atom. The fourth-order valence-corrected chi connectivity index (χ4v) is 2.09. The van der Waals surface area contributed by atoms with Gasteiger partial charge >= 0.3 is 0 Å². The van der Waals surface area contributed by atoms with Crippen LogP contribution in [0.5, 0.6) is 0 Å². The van der Waals surface area contributed by atoms with Gasteiger partial charge in [0.25, 0.3) is 5.69 Å². The number of rotatable bonds is 6. The van der Waals surface area contributed by atoms with Crippen molar-refractivity contribution in [2.24, 2.45) is 0 Å². The van der Waals surface area contributed by atoms with Crippen LogP contribution in [0.25, 0.3) is 0 Å². The van der Waals surface area contributed by atoms with Crippen LogP contribution >= 0.6 is 0 Å². The maximum atomic E-state index is 12.0. The highest BCUT2D eigenvalue weighted by Crippen LogP contribution is 2.19. The van der Waals surface area contributed by atoms with Gasteiger partial charge in [0.05, 0.1) is 17.1 Å². The third kappa shape index (κ3) is 3.77. The van der Waals surface area contributed by atoms with E-state index in [4.69, 9.17) is 4.74 Å². The van der Waals surface area contributed by atoms with Crippen molar-refractivity contribution >= 4 is 11.6 Å². The molecule has 0 bridgehead atoms. The van der Waals surface area contributed by atoms with Gasteiger partial charge in [-0.25, -0.2) is 0 Å². The zero-order valence-corrected chi connectivity index (χ0v) is 12.2. The van der Waals surface area contributed by atoms with Crippen molar-refractivity contribution in [2.45, 2.75) is 19.1 Å². The summed E-state index contributed by atoms with van der Waals surface area (Å²) < 4.78 is 5.58. The van der Waals surface area contributed by atoms with Gasteiger partial charge in [-0.15, -0.1) is 0 Å². The number of carbonyl (C=O) groups is 1. The molecular weight excluding hydrogens is 274 g/mol. The van der Waals surface area contributed by atoms with Gasteiger partial charge in [0.2, 0.25) is 5.91 Å². The molecule has 1 saturated heterocycles. The standard InChI is InChI=1S/C14H19N3O4/c1-14(9-15-10-14)21-8-13(18)16(2)7-11-5-3-4-6-12(11)17(19)20/h3-6,15H,7-10H2,1-2H3. The first kappa shape index (κ1) is 15.4. The monoisotopic (exact) mass is 293 g/mol. The highest BCUT2D eigenvalue weighted by Gasteiger charge is 2.33. The molecule has 21 heavy (non-hydrogen) atoms. The van der Waals surface area contributed by atoms with Gasteiger partial charge in [0, 0.05) is 31.8 Å². The molecule has 0 spiro atoms. The molecule has 7 nitrogen and oxygen atoms in total. The molecule has 1 aliphatic rings. The third-order valence-electron chi connectivity index (χ3n) is 3.56. The Morgan fingerprint density at radius 1 is 1.48 bits per heavy atom. The SMILES string of the molecule is CN(Cc1ccccc1[N+](=O)[O-])C(=O)COC1(C)CNC1. The number of nitro benzene ring substituents is 1. The molecule has 1 aromatic rings. The molecule has 1 fully saturated rings. The first-order valence-corrected chi connectivity index (χ1v) is 6.72. The number of ether oxygens (including phenoxy) is 1. The van der Waals surface area contributed by atoms with Crippen molar-refractivity contribution in [3.63, 3.8) is 0 Å². The number of carbonyl (C=O) groups excluding carboxylic acids is 1. The number of hydrogen-bond donors (Lipinski definition) is 1. The van der Waals surface area contributed by atoms with E-state index in [0.29, 0.717) is 5.56 Å². The smallest absolute Gasteiger partial charge is 0.274 e. The lowest BCUT2D eigenvalue weighted by Gasteiger charge is -2.39. The van der Waals surface area contributed by atoms with Crippen molar-refractivity contribution in [2.75, 3.05) is 26.7 Å². The van der Waals surface area contributed by atoms with E-state index in [1.165, 1.54) is 11.0 Å². The molecule has 1 heterocycles. The number of amides is 1. The zero-order valence-electron chi connectivity index (χ0n) is 12.2. The quantitative estimate of drug-likeness (QED) is 0.623. The Labute approximate surface area is 123 Å². The number of nitrogens with zero attached hydrogens (tertiary/aromatic N) is 2. The highest BCUT2D eigenvalue weighted by molar-refractivity contribution is 5.77. The summed E-state index contributed by atoms with van der Waals surface area (Å²) in [5, 5.41) is 14.0. The molecule has 1 aliphatic heterocycles. The van der Waals surface area contributed by atoms with Crippen molar-refractivity contribution in [1.82, 2.24) is 10.2 Å². The topological polar surface area (TPSA) is 84.7 Å². The van der Waals surface area contributed by atoms with Gasteiger partial charge in [-0.1, -0.05) is 18.2 Å². The van der Waals surface area contributed by atoms with Crippen LogP contribution < -0.4 is 5.32 Å². The summed E-state index contributed by atoms with van der Waals surface area (Å²) in [4.78, 5) is 24.0. The fourth-order valence-electron chi connectivity index (χ4n) is 2.09. The average molecular weight is 293 g/mol. The lowest BCUT2D eigenvalue weighted by atomic mass is 10.0. The largest absolute Gasteiger partial charge is 0.363 e. The van der Waals surface area contributed by atoms with E-state index < -0.39 is 4.92 Å².